The number of carbonyl (C=O) groups is 1. The maximum absolute atomic E-state index is 11.8. The highest BCUT2D eigenvalue weighted by atomic mass is 35.5. The monoisotopic (exact) mass is 263 g/mol. The Morgan fingerprint density at radius 2 is 2.17 bits per heavy atom. The van der Waals surface area contributed by atoms with Crippen LogP contribution in [0.4, 0.5) is 5.69 Å². The van der Waals surface area contributed by atoms with Crippen molar-refractivity contribution >= 4 is 23.2 Å². The van der Waals surface area contributed by atoms with Gasteiger partial charge >= 0.3 is 0 Å². The summed E-state index contributed by atoms with van der Waals surface area (Å²) in [6.07, 6.45) is 0.915. The van der Waals surface area contributed by atoms with Gasteiger partial charge in [-0.25, -0.2) is 0 Å². The molecule has 1 heterocycles. The number of nitrogens with zero attached hydrogens (tertiary/aromatic N) is 3. The molecule has 1 aliphatic rings. The maximum atomic E-state index is 11.8. The maximum Gasteiger partial charge on any atom is 0.241 e. The van der Waals surface area contributed by atoms with E-state index in [1.165, 1.54) is 0 Å². The van der Waals surface area contributed by atoms with Gasteiger partial charge in [-0.05, 0) is 24.6 Å². The summed E-state index contributed by atoms with van der Waals surface area (Å²) in [6, 6.07) is 7.21. The molecule has 1 fully saturated rings. The van der Waals surface area contributed by atoms with Crippen LogP contribution in [0.15, 0.2) is 18.2 Å². The van der Waals surface area contributed by atoms with E-state index < -0.39 is 0 Å². The van der Waals surface area contributed by atoms with Crippen LogP contribution in [0.25, 0.3) is 0 Å². The normalized spacial score (nSPS) is 16.4. The van der Waals surface area contributed by atoms with Crippen LogP contribution in [0.2, 0.25) is 5.02 Å². The van der Waals surface area contributed by atoms with E-state index in [2.05, 4.69) is 0 Å². The predicted octanol–water partition coefficient (Wildman–Crippen LogP) is 1.88. The first-order valence-corrected chi connectivity index (χ1v) is 6.18. The number of rotatable bonds is 1. The summed E-state index contributed by atoms with van der Waals surface area (Å²) in [4.78, 5) is 15.5. The smallest absolute Gasteiger partial charge is 0.241 e. The molecule has 1 aromatic rings. The minimum atomic E-state index is 0.0907. The van der Waals surface area contributed by atoms with Gasteiger partial charge in [-0.3, -0.25) is 4.79 Å². The van der Waals surface area contributed by atoms with Crippen molar-refractivity contribution in [2.24, 2.45) is 0 Å². The molecule has 2 rings (SSSR count). The Balaban J connectivity index is 2.26. The van der Waals surface area contributed by atoms with E-state index in [-0.39, 0.29) is 5.91 Å². The Bertz CT molecular complexity index is 509. The van der Waals surface area contributed by atoms with Gasteiger partial charge in [-0.2, -0.15) is 5.26 Å². The zero-order chi connectivity index (χ0) is 13.1. The summed E-state index contributed by atoms with van der Waals surface area (Å²) in [6.45, 7) is 1.90. The number of amides is 1. The third-order valence-corrected chi connectivity index (χ3v) is 3.39. The van der Waals surface area contributed by atoms with E-state index in [0.29, 0.717) is 17.1 Å². The first-order valence-electron chi connectivity index (χ1n) is 5.80. The van der Waals surface area contributed by atoms with Gasteiger partial charge in [0.15, 0.2) is 0 Å². The van der Waals surface area contributed by atoms with Crippen molar-refractivity contribution < 1.29 is 4.79 Å². The molecule has 1 aromatic carbocycles. The minimum Gasteiger partial charge on any atom is -0.361 e. The first-order chi connectivity index (χ1) is 8.61. The summed E-state index contributed by atoms with van der Waals surface area (Å²) < 4.78 is 0. The van der Waals surface area contributed by atoms with Crippen molar-refractivity contribution in [2.45, 2.75) is 6.42 Å². The minimum absolute atomic E-state index is 0.0907. The van der Waals surface area contributed by atoms with Crippen LogP contribution in [0, 0.1) is 11.3 Å². The number of hydrogen-bond acceptors (Lipinski definition) is 3. The van der Waals surface area contributed by atoms with Gasteiger partial charge < -0.3 is 9.80 Å². The third-order valence-electron chi connectivity index (χ3n) is 3.09. The summed E-state index contributed by atoms with van der Waals surface area (Å²) in [5, 5.41) is 9.32. The number of hydrogen-bond donors (Lipinski definition) is 0. The molecule has 94 valence electrons. The molecule has 0 aliphatic carbocycles. The molecular weight excluding hydrogens is 250 g/mol. The Morgan fingerprint density at radius 3 is 2.83 bits per heavy atom. The lowest BCUT2D eigenvalue weighted by Gasteiger charge is -2.23. The third kappa shape index (κ3) is 2.57. The van der Waals surface area contributed by atoms with Crippen molar-refractivity contribution in [3.05, 3.63) is 28.8 Å². The average molecular weight is 264 g/mol. The largest absolute Gasteiger partial charge is 0.361 e. The van der Waals surface area contributed by atoms with Gasteiger partial charge in [0, 0.05) is 20.1 Å². The molecule has 0 N–H and O–H groups in total. The number of nitriles is 1. The number of anilines is 1. The lowest BCUT2D eigenvalue weighted by Crippen LogP contribution is -2.34. The van der Waals surface area contributed by atoms with E-state index in [4.69, 9.17) is 16.9 Å². The van der Waals surface area contributed by atoms with Gasteiger partial charge in [0.25, 0.3) is 0 Å². The molecule has 1 amide bonds. The first kappa shape index (κ1) is 12.7. The van der Waals surface area contributed by atoms with Gasteiger partial charge in [-0.1, -0.05) is 11.6 Å². The van der Waals surface area contributed by atoms with Crippen LogP contribution in [0.3, 0.4) is 0 Å². The number of halogens is 1. The fourth-order valence-electron chi connectivity index (χ4n) is 2.03. The van der Waals surface area contributed by atoms with Crippen LogP contribution in [0.5, 0.6) is 0 Å². The van der Waals surface area contributed by atoms with Gasteiger partial charge in [0.2, 0.25) is 5.91 Å². The lowest BCUT2D eigenvalue weighted by atomic mass is 10.2. The van der Waals surface area contributed by atoms with E-state index in [1.807, 2.05) is 18.0 Å². The van der Waals surface area contributed by atoms with Crippen LogP contribution in [-0.4, -0.2) is 37.5 Å². The van der Waals surface area contributed by atoms with Crippen molar-refractivity contribution in [3.63, 3.8) is 0 Å². The predicted molar refractivity (Wildman–Crippen MR) is 70.6 cm³/mol. The second-order valence-electron chi connectivity index (χ2n) is 4.37. The molecule has 18 heavy (non-hydrogen) atoms. The Kier molecular flexibility index (Phi) is 3.73. The second kappa shape index (κ2) is 5.28. The Morgan fingerprint density at radius 1 is 1.39 bits per heavy atom. The second-order valence-corrected chi connectivity index (χ2v) is 4.78. The molecular formula is C13H14ClN3O. The Labute approximate surface area is 111 Å². The standard InChI is InChI=1S/C13H14ClN3O/c1-16-5-2-6-17(9-13(16)18)12-4-3-10(8-15)7-11(12)14/h3-4,7H,2,5-6,9H2,1H3. The fraction of sp³-hybridized carbons (Fsp3) is 0.385. The molecule has 4 nitrogen and oxygen atoms in total. The Hall–Kier alpha value is -1.73. The highest BCUT2D eigenvalue weighted by Crippen LogP contribution is 2.27. The van der Waals surface area contributed by atoms with E-state index in [1.54, 1.807) is 23.1 Å². The van der Waals surface area contributed by atoms with Crippen LogP contribution in [0.1, 0.15) is 12.0 Å². The molecule has 0 atom stereocenters. The molecule has 0 unspecified atom stereocenters. The van der Waals surface area contributed by atoms with E-state index in [9.17, 15) is 4.79 Å². The summed E-state index contributed by atoms with van der Waals surface area (Å²) >= 11 is 6.16. The van der Waals surface area contributed by atoms with Gasteiger partial charge in [-0.15, -0.1) is 0 Å². The molecule has 0 bridgehead atoms. The lowest BCUT2D eigenvalue weighted by molar-refractivity contribution is -0.127. The highest BCUT2D eigenvalue weighted by Gasteiger charge is 2.20. The molecule has 5 heteroatoms. The summed E-state index contributed by atoms with van der Waals surface area (Å²) in [5.74, 6) is 0.0907. The van der Waals surface area contributed by atoms with E-state index in [0.717, 1.165) is 25.2 Å². The van der Waals surface area contributed by atoms with Crippen molar-refractivity contribution in [1.82, 2.24) is 4.90 Å². The zero-order valence-corrected chi connectivity index (χ0v) is 10.9. The zero-order valence-electron chi connectivity index (χ0n) is 10.2. The van der Waals surface area contributed by atoms with E-state index >= 15 is 0 Å². The van der Waals surface area contributed by atoms with Crippen LogP contribution < -0.4 is 4.90 Å². The molecule has 0 spiro atoms. The molecule has 0 radical (unpaired) electrons. The fourth-order valence-corrected chi connectivity index (χ4v) is 2.33. The SMILES string of the molecule is CN1CCCN(c2ccc(C#N)cc2Cl)CC1=O. The van der Waals surface area contributed by atoms with Gasteiger partial charge in [0.05, 0.1) is 28.9 Å². The summed E-state index contributed by atoms with van der Waals surface area (Å²) in [5.41, 5.74) is 1.35. The highest BCUT2D eigenvalue weighted by molar-refractivity contribution is 6.33. The molecule has 1 saturated heterocycles. The quantitative estimate of drug-likeness (QED) is 0.777. The van der Waals surface area contributed by atoms with Crippen molar-refractivity contribution in [3.8, 4) is 6.07 Å². The van der Waals surface area contributed by atoms with Crippen molar-refractivity contribution in [1.29, 1.82) is 5.26 Å². The van der Waals surface area contributed by atoms with Gasteiger partial charge in [0.1, 0.15) is 0 Å². The molecule has 1 aliphatic heterocycles. The molecule has 0 aromatic heterocycles. The summed E-state index contributed by atoms with van der Waals surface area (Å²) in [7, 11) is 1.81. The number of benzene rings is 1. The van der Waals surface area contributed by atoms with Crippen molar-refractivity contribution in [2.75, 3.05) is 31.6 Å². The molecule has 0 saturated carbocycles. The average Bonchev–Trinajstić information content (AvgIpc) is 2.52. The topological polar surface area (TPSA) is 47.3 Å². The number of carbonyl (C=O) groups excluding carboxylic acids is 1. The van der Waals surface area contributed by atoms with Crippen LogP contribution >= 0.6 is 11.6 Å². The van der Waals surface area contributed by atoms with Crippen LogP contribution in [-0.2, 0) is 4.79 Å². The number of likely N-dealkylation sites (N-methyl/N-ethyl adjacent to an activating group) is 1.